The van der Waals surface area contributed by atoms with Crippen molar-refractivity contribution >= 4 is 23.4 Å². The van der Waals surface area contributed by atoms with Gasteiger partial charge in [0.05, 0.1) is 5.41 Å². The summed E-state index contributed by atoms with van der Waals surface area (Å²) < 4.78 is 0. The van der Waals surface area contributed by atoms with E-state index in [-0.39, 0.29) is 11.8 Å². The zero-order valence-corrected chi connectivity index (χ0v) is 14.9. The number of hydrazine groups is 1. The molecule has 4 nitrogen and oxygen atoms in total. The number of amides is 2. The van der Waals surface area contributed by atoms with Gasteiger partial charge < -0.3 is 0 Å². The quantitative estimate of drug-likeness (QED) is 0.819. The number of hydrogen-bond donors (Lipinski definition) is 2. The summed E-state index contributed by atoms with van der Waals surface area (Å²) in [4.78, 5) is 24.9. The number of benzene rings is 2. The van der Waals surface area contributed by atoms with Crippen LogP contribution in [0.5, 0.6) is 0 Å². The average Bonchev–Trinajstić information content (AvgIpc) is 2.60. The van der Waals surface area contributed by atoms with Crippen molar-refractivity contribution in [1.82, 2.24) is 10.9 Å². The monoisotopic (exact) mass is 356 g/mol. The highest BCUT2D eigenvalue weighted by molar-refractivity contribution is 6.30. The summed E-state index contributed by atoms with van der Waals surface area (Å²) in [5, 5.41) is 0.641. The zero-order chi connectivity index (χ0) is 17.9. The minimum Gasteiger partial charge on any atom is -0.272 e. The van der Waals surface area contributed by atoms with Gasteiger partial charge in [-0.1, -0.05) is 49.2 Å². The first-order valence-corrected chi connectivity index (χ1v) is 8.89. The number of halogens is 1. The molecule has 1 fully saturated rings. The van der Waals surface area contributed by atoms with Crippen LogP contribution in [0.3, 0.4) is 0 Å². The van der Waals surface area contributed by atoms with E-state index in [4.69, 9.17) is 11.6 Å². The van der Waals surface area contributed by atoms with E-state index in [0.29, 0.717) is 10.6 Å². The Kier molecular flexibility index (Phi) is 5.09. The second kappa shape index (κ2) is 7.28. The number of hydrogen-bond acceptors (Lipinski definition) is 2. The summed E-state index contributed by atoms with van der Waals surface area (Å²) in [5.41, 5.74) is 7.16. The fourth-order valence-corrected chi connectivity index (χ4v) is 3.27. The average molecular weight is 357 g/mol. The van der Waals surface area contributed by atoms with Crippen LogP contribution >= 0.6 is 11.6 Å². The van der Waals surface area contributed by atoms with E-state index in [2.05, 4.69) is 17.8 Å². The molecule has 25 heavy (non-hydrogen) atoms. The molecule has 130 valence electrons. The molecule has 2 N–H and O–H groups in total. The highest BCUT2D eigenvalue weighted by Crippen LogP contribution is 2.44. The maximum Gasteiger partial charge on any atom is 0.269 e. The van der Waals surface area contributed by atoms with Gasteiger partial charge in [-0.2, -0.15) is 0 Å². The van der Waals surface area contributed by atoms with Gasteiger partial charge in [-0.25, -0.2) is 0 Å². The Morgan fingerprint density at radius 1 is 1.00 bits per heavy atom. The molecule has 2 aromatic rings. The van der Waals surface area contributed by atoms with Gasteiger partial charge in [-0.05, 0) is 54.7 Å². The topological polar surface area (TPSA) is 58.2 Å². The van der Waals surface area contributed by atoms with Crippen LogP contribution in [0.1, 0.15) is 47.7 Å². The van der Waals surface area contributed by atoms with E-state index in [9.17, 15) is 9.59 Å². The molecule has 0 atom stereocenters. The zero-order valence-electron chi connectivity index (χ0n) is 14.1. The van der Waals surface area contributed by atoms with Crippen LogP contribution in [0, 0.1) is 0 Å². The lowest BCUT2D eigenvalue weighted by molar-refractivity contribution is -0.130. The molecule has 2 aromatic carbocycles. The predicted octanol–water partition coefficient (Wildman–Crippen LogP) is 3.79. The fraction of sp³-hybridized carbons (Fsp3) is 0.300. The van der Waals surface area contributed by atoms with E-state index >= 15 is 0 Å². The molecule has 0 unspecified atom stereocenters. The number of rotatable bonds is 4. The first kappa shape index (κ1) is 17.5. The minimum atomic E-state index is -0.579. The lowest BCUT2D eigenvalue weighted by Gasteiger charge is -2.40. The van der Waals surface area contributed by atoms with Crippen molar-refractivity contribution < 1.29 is 9.59 Å². The van der Waals surface area contributed by atoms with E-state index in [1.165, 1.54) is 0 Å². The second-order valence-electron chi connectivity index (χ2n) is 6.40. The third-order valence-electron chi connectivity index (χ3n) is 4.95. The molecule has 0 spiro atoms. The molecule has 0 aromatic heterocycles. The molecule has 0 radical (unpaired) electrons. The summed E-state index contributed by atoms with van der Waals surface area (Å²) in [5.74, 6) is -0.499. The SMILES string of the molecule is CCc1ccc(C(=O)NNC(=O)C2(c3ccc(Cl)cc3)CCC2)cc1. The maximum atomic E-state index is 12.7. The maximum absolute atomic E-state index is 12.7. The van der Waals surface area contributed by atoms with Crippen LogP contribution in [-0.4, -0.2) is 11.8 Å². The molecule has 1 aliphatic rings. The third kappa shape index (κ3) is 3.54. The van der Waals surface area contributed by atoms with Crippen LogP contribution in [-0.2, 0) is 16.6 Å². The van der Waals surface area contributed by atoms with Crippen molar-refractivity contribution in [2.75, 3.05) is 0 Å². The Balaban J connectivity index is 1.66. The highest BCUT2D eigenvalue weighted by atomic mass is 35.5. The molecular weight excluding hydrogens is 336 g/mol. The van der Waals surface area contributed by atoms with E-state index in [1.807, 2.05) is 24.3 Å². The van der Waals surface area contributed by atoms with Crippen molar-refractivity contribution in [2.24, 2.45) is 0 Å². The van der Waals surface area contributed by atoms with Gasteiger partial charge in [-0.15, -0.1) is 0 Å². The Labute approximate surface area is 152 Å². The van der Waals surface area contributed by atoms with Crippen molar-refractivity contribution in [2.45, 2.75) is 38.0 Å². The van der Waals surface area contributed by atoms with Crippen molar-refractivity contribution in [1.29, 1.82) is 0 Å². The van der Waals surface area contributed by atoms with Crippen LogP contribution in [0.4, 0.5) is 0 Å². The second-order valence-corrected chi connectivity index (χ2v) is 6.84. The van der Waals surface area contributed by atoms with Gasteiger partial charge in [0.15, 0.2) is 0 Å². The summed E-state index contributed by atoms with van der Waals surface area (Å²) in [6, 6.07) is 14.7. The molecule has 0 aliphatic heterocycles. The molecule has 3 rings (SSSR count). The van der Waals surface area contributed by atoms with Crippen LogP contribution in [0.25, 0.3) is 0 Å². The summed E-state index contributed by atoms with van der Waals surface area (Å²) in [7, 11) is 0. The molecule has 2 amide bonds. The number of nitrogens with one attached hydrogen (secondary N) is 2. The highest BCUT2D eigenvalue weighted by Gasteiger charge is 2.45. The molecular formula is C20H21ClN2O2. The number of carbonyl (C=O) groups excluding carboxylic acids is 2. The van der Waals surface area contributed by atoms with Gasteiger partial charge in [0.25, 0.3) is 5.91 Å². The molecule has 1 saturated carbocycles. The number of aryl methyl sites for hydroxylation is 1. The molecule has 0 saturated heterocycles. The van der Waals surface area contributed by atoms with E-state index < -0.39 is 5.41 Å². The molecule has 0 heterocycles. The van der Waals surface area contributed by atoms with Crippen LogP contribution in [0.15, 0.2) is 48.5 Å². The van der Waals surface area contributed by atoms with Gasteiger partial charge in [0, 0.05) is 10.6 Å². The lowest BCUT2D eigenvalue weighted by atomic mass is 9.64. The molecule has 5 heteroatoms. The van der Waals surface area contributed by atoms with Crippen molar-refractivity contribution in [3.63, 3.8) is 0 Å². The Hall–Kier alpha value is -2.33. The number of carbonyl (C=O) groups is 2. The third-order valence-corrected chi connectivity index (χ3v) is 5.20. The predicted molar refractivity (Wildman–Crippen MR) is 98.4 cm³/mol. The van der Waals surface area contributed by atoms with Gasteiger partial charge in [0.1, 0.15) is 0 Å². The minimum absolute atomic E-state index is 0.181. The fourth-order valence-electron chi connectivity index (χ4n) is 3.14. The summed E-state index contributed by atoms with van der Waals surface area (Å²) >= 11 is 5.94. The van der Waals surface area contributed by atoms with E-state index in [0.717, 1.165) is 36.8 Å². The first-order chi connectivity index (χ1) is 12.0. The smallest absolute Gasteiger partial charge is 0.269 e. The van der Waals surface area contributed by atoms with Gasteiger partial charge >= 0.3 is 0 Å². The van der Waals surface area contributed by atoms with Crippen molar-refractivity contribution in [3.05, 3.63) is 70.2 Å². The standard InChI is InChI=1S/C20H21ClN2O2/c1-2-14-4-6-15(7-5-14)18(24)22-23-19(25)20(12-3-13-20)16-8-10-17(21)11-9-16/h4-11H,2-3,12-13H2,1H3,(H,22,24)(H,23,25). The van der Waals surface area contributed by atoms with Gasteiger partial charge in [0.2, 0.25) is 5.91 Å². The van der Waals surface area contributed by atoms with Crippen LogP contribution in [0.2, 0.25) is 5.02 Å². The molecule has 1 aliphatic carbocycles. The first-order valence-electron chi connectivity index (χ1n) is 8.51. The lowest BCUT2D eigenvalue weighted by Crippen LogP contribution is -2.54. The Morgan fingerprint density at radius 2 is 1.64 bits per heavy atom. The normalized spacial score (nSPS) is 15.1. The Morgan fingerprint density at radius 3 is 2.16 bits per heavy atom. The van der Waals surface area contributed by atoms with Crippen LogP contribution < -0.4 is 10.9 Å². The van der Waals surface area contributed by atoms with Crippen molar-refractivity contribution in [3.8, 4) is 0 Å². The summed E-state index contributed by atoms with van der Waals surface area (Å²) in [6.45, 7) is 2.06. The Bertz CT molecular complexity index is 765. The summed E-state index contributed by atoms with van der Waals surface area (Å²) in [6.07, 6.45) is 3.44. The van der Waals surface area contributed by atoms with E-state index in [1.54, 1.807) is 24.3 Å². The van der Waals surface area contributed by atoms with Gasteiger partial charge in [-0.3, -0.25) is 20.4 Å². The largest absolute Gasteiger partial charge is 0.272 e. The molecule has 0 bridgehead atoms.